The summed E-state index contributed by atoms with van der Waals surface area (Å²) in [6.45, 7) is 7.64. The molecule has 2 aromatic carbocycles. The van der Waals surface area contributed by atoms with E-state index in [1.54, 1.807) is 37.7 Å². The quantitative estimate of drug-likeness (QED) is 0.560. The molecule has 0 saturated carbocycles. The molecule has 200 valence electrons. The van der Waals surface area contributed by atoms with E-state index in [1.165, 1.54) is 5.56 Å². The number of benzene rings is 2. The van der Waals surface area contributed by atoms with Crippen LogP contribution >= 0.6 is 0 Å². The van der Waals surface area contributed by atoms with Crippen molar-refractivity contribution in [1.29, 1.82) is 0 Å². The van der Waals surface area contributed by atoms with Crippen LogP contribution < -0.4 is 0 Å². The lowest BCUT2D eigenvalue weighted by Gasteiger charge is -2.45. The van der Waals surface area contributed by atoms with Gasteiger partial charge in [0, 0.05) is 46.6 Å². The number of likely N-dealkylation sites (tertiary alicyclic amines) is 1. The van der Waals surface area contributed by atoms with Crippen LogP contribution in [0.15, 0.2) is 54.6 Å². The van der Waals surface area contributed by atoms with Crippen LogP contribution in [0.4, 0.5) is 9.59 Å². The number of nitrogens with zero attached hydrogens (tertiary/aromatic N) is 3. The Morgan fingerprint density at radius 2 is 1.70 bits per heavy atom. The zero-order valence-electron chi connectivity index (χ0n) is 22.8. The summed E-state index contributed by atoms with van der Waals surface area (Å²) in [6, 6.07) is 18.3. The average molecular weight is 508 g/mol. The van der Waals surface area contributed by atoms with Crippen molar-refractivity contribution in [2.45, 2.75) is 69.6 Å². The minimum Gasteiger partial charge on any atom is -0.438 e. The molecule has 2 heterocycles. The highest BCUT2D eigenvalue weighted by Crippen LogP contribution is 2.42. The number of ether oxygens (including phenoxy) is 1. The number of hydrogen-bond acceptors (Lipinski definition) is 4. The Bertz CT molecular complexity index is 1070. The number of amides is 3. The van der Waals surface area contributed by atoms with Gasteiger partial charge in [0.25, 0.3) is 0 Å². The van der Waals surface area contributed by atoms with Crippen LogP contribution in [0.1, 0.15) is 75.1 Å². The van der Waals surface area contributed by atoms with Crippen LogP contribution in [0.3, 0.4) is 0 Å². The van der Waals surface area contributed by atoms with E-state index < -0.39 is 11.2 Å². The summed E-state index contributed by atoms with van der Waals surface area (Å²) in [4.78, 5) is 30.9. The van der Waals surface area contributed by atoms with Gasteiger partial charge in [-0.05, 0) is 56.2 Å². The molecule has 1 unspecified atom stereocenters. The molecule has 2 aliphatic heterocycles. The summed E-state index contributed by atoms with van der Waals surface area (Å²) in [6.07, 6.45) is 2.50. The number of carbonyl (C=O) groups excluding carboxylic acids is 2. The van der Waals surface area contributed by atoms with Gasteiger partial charge >= 0.3 is 12.1 Å². The Kier molecular flexibility index (Phi) is 7.83. The maximum atomic E-state index is 13.3. The fourth-order valence-corrected chi connectivity index (χ4v) is 5.80. The second-order valence-electron chi connectivity index (χ2n) is 11.4. The number of carbonyl (C=O) groups is 2. The van der Waals surface area contributed by atoms with Crippen molar-refractivity contribution in [3.8, 4) is 0 Å². The molecule has 2 saturated heterocycles. The summed E-state index contributed by atoms with van der Waals surface area (Å²) in [5, 5.41) is 10.6. The zero-order valence-corrected chi connectivity index (χ0v) is 22.8. The van der Waals surface area contributed by atoms with Gasteiger partial charge in [-0.15, -0.1) is 0 Å². The molecule has 37 heavy (non-hydrogen) atoms. The number of piperidine rings is 1. The molecule has 0 aliphatic carbocycles. The van der Waals surface area contributed by atoms with E-state index in [1.807, 2.05) is 42.2 Å². The minimum atomic E-state index is -0.977. The van der Waals surface area contributed by atoms with Crippen LogP contribution in [-0.4, -0.2) is 71.3 Å². The van der Waals surface area contributed by atoms with Gasteiger partial charge in [-0.2, -0.15) is 0 Å². The van der Waals surface area contributed by atoms with Crippen molar-refractivity contribution < 1.29 is 19.4 Å². The van der Waals surface area contributed by atoms with Crippen LogP contribution in [0, 0.1) is 0 Å². The van der Waals surface area contributed by atoms with E-state index in [9.17, 15) is 14.7 Å². The predicted octanol–water partition coefficient (Wildman–Crippen LogP) is 5.51. The fraction of sp³-hybridized carbons (Fsp3) is 0.533. The molecule has 2 aliphatic rings. The highest BCUT2D eigenvalue weighted by atomic mass is 16.6. The van der Waals surface area contributed by atoms with E-state index in [-0.39, 0.29) is 18.2 Å². The largest absolute Gasteiger partial charge is 0.438 e. The number of cyclic esters (lactones) is 1. The molecule has 3 amide bonds. The Labute approximate surface area is 221 Å². The van der Waals surface area contributed by atoms with E-state index in [4.69, 9.17) is 4.74 Å². The molecule has 0 spiro atoms. The van der Waals surface area contributed by atoms with Gasteiger partial charge in [0.2, 0.25) is 0 Å². The van der Waals surface area contributed by atoms with Gasteiger partial charge in [-0.25, -0.2) is 9.59 Å². The number of hydrogen-bond donors (Lipinski definition) is 1. The van der Waals surface area contributed by atoms with Gasteiger partial charge in [0.05, 0.1) is 11.6 Å². The second-order valence-corrected chi connectivity index (χ2v) is 11.4. The first kappa shape index (κ1) is 27.0. The van der Waals surface area contributed by atoms with Crippen LogP contribution in [-0.2, 0) is 10.3 Å². The van der Waals surface area contributed by atoms with E-state index >= 15 is 0 Å². The molecule has 2 fully saturated rings. The van der Waals surface area contributed by atoms with Crippen LogP contribution in [0.5, 0.6) is 0 Å². The third-order valence-electron chi connectivity index (χ3n) is 7.80. The number of aliphatic hydroxyl groups is 1. The van der Waals surface area contributed by atoms with Crippen molar-refractivity contribution in [2.75, 3.05) is 33.7 Å². The van der Waals surface area contributed by atoms with Gasteiger partial charge in [-0.1, -0.05) is 54.6 Å². The first-order valence-corrected chi connectivity index (χ1v) is 13.3. The molecule has 2 atom stereocenters. The zero-order chi connectivity index (χ0) is 26.8. The maximum Gasteiger partial charge on any atom is 0.411 e. The van der Waals surface area contributed by atoms with Gasteiger partial charge in [0.1, 0.15) is 5.60 Å². The van der Waals surface area contributed by atoms with Crippen molar-refractivity contribution in [3.05, 3.63) is 71.3 Å². The summed E-state index contributed by atoms with van der Waals surface area (Å²) in [7, 11) is 3.59. The Balaban J connectivity index is 1.42. The lowest BCUT2D eigenvalue weighted by molar-refractivity contribution is -0.101. The van der Waals surface area contributed by atoms with Gasteiger partial charge < -0.3 is 24.5 Å². The van der Waals surface area contributed by atoms with Crippen molar-refractivity contribution >= 4 is 12.1 Å². The van der Waals surface area contributed by atoms with Crippen molar-refractivity contribution in [2.24, 2.45) is 0 Å². The molecule has 0 aromatic heterocycles. The highest BCUT2D eigenvalue weighted by Gasteiger charge is 2.46. The Morgan fingerprint density at radius 3 is 2.24 bits per heavy atom. The standard InChI is InChI=1S/C30H41N3O4/c1-22(23-11-13-24(14-12-23)25-15-18-32(19-16-25)27(34)31(4)5)33-20-17-30(37-28(33)35,21-29(2,3)36)26-9-7-6-8-10-26/h6-14,22,25,36H,15-21H2,1-5H3/t22-,30?/m0/s1. The van der Waals surface area contributed by atoms with Gasteiger partial charge in [-0.3, -0.25) is 0 Å². The molecule has 7 nitrogen and oxygen atoms in total. The number of urea groups is 1. The smallest absolute Gasteiger partial charge is 0.411 e. The molecular weight excluding hydrogens is 466 g/mol. The average Bonchev–Trinajstić information content (AvgIpc) is 2.88. The fourth-order valence-electron chi connectivity index (χ4n) is 5.80. The third kappa shape index (κ3) is 6.09. The van der Waals surface area contributed by atoms with E-state index in [0.29, 0.717) is 25.3 Å². The molecule has 0 bridgehead atoms. The molecule has 1 N–H and O–H groups in total. The SMILES string of the molecule is C[C@@H](c1ccc(C2CCN(C(=O)N(C)C)CC2)cc1)N1CCC(CC(C)(C)O)(c2ccccc2)OC1=O. The summed E-state index contributed by atoms with van der Waals surface area (Å²) < 4.78 is 6.15. The topological polar surface area (TPSA) is 73.3 Å². The highest BCUT2D eigenvalue weighted by molar-refractivity contribution is 5.74. The monoisotopic (exact) mass is 507 g/mol. The van der Waals surface area contributed by atoms with Gasteiger partial charge in [0.15, 0.2) is 0 Å². The maximum absolute atomic E-state index is 13.3. The van der Waals surface area contributed by atoms with Crippen LogP contribution in [0.2, 0.25) is 0 Å². The Morgan fingerprint density at radius 1 is 1.08 bits per heavy atom. The lowest BCUT2D eigenvalue weighted by Crippen LogP contribution is -2.51. The second kappa shape index (κ2) is 10.7. The molecule has 0 radical (unpaired) electrons. The molecule has 7 heteroatoms. The normalized spacial score (nSPS) is 21.9. The lowest BCUT2D eigenvalue weighted by atomic mass is 9.80. The summed E-state index contributed by atoms with van der Waals surface area (Å²) in [5.41, 5.74) is 1.44. The summed E-state index contributed by atoms with van der Waals surface area (Å²) >= 11 is 0. The molecular formula is C30H41N3O4. The molecule has 2 aromatic rings. The predicted molar refractivity (Wildman–Crippen MR) is 144 cm³/mol. The number of rotatable bonds is 6. The van der Waals surface area contributed by atoms with E-state index in [2.05, 4.69) is 24.3 Å². The first-order chi connectivity index (χ1) is 17.5. The third-order valence-corrected chi connectivity index (χ3v) is 7.80. The Hall–Kier alpha value is -3.06. The van der Waals surface area contributed by atoms with Crippen LogP contribution in [0.25, 0.3) is 0 Å². The first-order valence-electron chi connectivity index (χ1n) is 13.3. The van der Waals surface area contributed by atoms with Crippen molar-refractivity contribution in [3.63, 3.8) is 0 Å². The van der Waals surface area contributed by atoms with Crippen molar-refractivity contribution in [1.82, 2.24) is 14.7 Å². The molecule has 4 rings (SSSR count). The van der Waals surface area contributed by atoms with E-state index in [0.717, 1.165) is 37.1 Å². The minimum absolute atomic E-state index is 0.0786. The summed E-state index contributed by atoms with van der Waals surface area (Å²) in [5.74, 6) is 0.434.